The highest BCUT2D eigenvalue weighted by Gasteiger charge is 2.38. The topological polar surface area (TPSA) is 40.5 Å². The molecule has 0 aromatic carbocycles. The lowest BCUT2D eigenvalue weighted by atomic mass is 9.93. The van der Waals surface area contributed by atoms with Crippen molar-refractivity contribution in [3.63, 3.8) is 0 Å². The average molecular weight is 227 g/mol. The van der Waals surface area contributed by atoms with Crippen LogP contribution in [0.25, 0.3) is 0 Å². The Morgan fingerprint density at radius 3 is 2.19 bits per heavy atom. The normalized spacial score (nSPS) is 22.8. The molecule has 16 heavy (non-hydrogen) atoms. The highest BCUT2D eigenvalue weighted by Crippen LogP contribution is 2.28. The second kappa shape index (κ2) is 5.67. The predicted octanol–water partition coefficient (Wildman–Crippen LogP) is 2.89. The molecule has 1 atom stereocenters. The summed E-state index contributed by atoms with van der Waals surface area (Å²) in [6, 6.07) is 0.448. The molecule has 3 heteroatoms. The fourth-order valence-corrected chi connectivity index (χ4v) is 2.60. The van der Waals surface area contributed by atoms with E-state index in [-0.39, 0.29) is 0 Å². The van der Waals surface area contributed by atoms with Crippen molar-refractivity contribution >= 4 is 5.97 Å². The van der Waals surface area contributed by atoms with E-state index in [1.165, 1.54) is 25.7 Å². The maximum absolute atomic E-state index is 11.4. The van der Waals surface area contributed by atoms with E-state index in [1.54, 1.807) is 0 Å². The van der Waals surface area contributed by atoms with Gasteiger partial charge in [0, 0.05) is 6.04 Å². The molecule has 1 unspecified atom stereocenters. The van der Waals surface area contributed by atoms with Gasteiger partial charge in [-0.1, -0.05) is 32.6 Å². The summed E-state index contributed by atoms with van der Waals surface area (Å²) in [5, 5.41) is 9.36. The number of hydrogen-bond donors (Lipinski definition) is 1. The molecular weight excluding hydrogens is 202 g/mol. The van der Waals surface area contributed by atoms with Gasteiger partial charge in [-0.15, -0.1) is 0 Å². The summed E-state index contributed by atoms with van der Waals surface area (Å²) < 4.78 is 0. The molecule has 1 fully saturated rings. The number of carbonyl (C=O) groups is 1. The lowest BCUT2D eigenvalue weighted by Crippen LogP contribution is -2.54. The summed E-state index contributed by atoms with van der Waals surface area (Å²) >= 11 is 0. The van der Waals surface area contributed by atoms with Crippen molar-refractivity contribution in [1.82, 2.24) is 4.90 Å². The molecular formula is C13H25NO2. The lowest BCUT2D eigenvalue weighted by Gasteiger charge is -2.39. The van der Waals surface area contributed by atoms with Crippen molar-refractivity contribution in [3.8, 4) is 0 Å². The smallest absolute Gasteiger partial charge is 0.323 e. The molecule has 0 spiro atoms. The number of rotatable bonds is 4. The Morgan fingerprint density at radius 1 is 1.31 bits per heavy atom. The third kappa shape index (κ3) is 2.76. The molecule has 94 valence electrons. The molecule has 1 aliphatic rings. The van der Waals surface area contributed by atoms with Gasteiger partial charge in [-0.25, -0.2) is 0 Å². The molecule has 0 heterocycles. The van der Waals surface area contributed by atoms with Crippen LogP contribution in [0.2, 0.25) is 0 Å². The predicted molar refractivity (Wildman–Crippen MR) is 65.6 cm³/mol. The Balaban J connectivity index is 2.72. The van der Waals surface area contributed by atoms with Crippen LogP contribution in [-0.4, -0.2) is 34.6 Å². The van der Waals surface area contributed by atoms with E-state index in [9.17, 15) is 9.90 Å². The van der Waals surface area contributed by atoms with Crippen LogP contribution in [0, 0.1) is 0 Å². The highest BCUT2D eigenvalue weighted by molar-refractivity contribution is 5.78. The molecule has 3 nitrogen and oxygen atoms in total. The fraction of sp³-hybridized carbons (Fsp3) is 0.923. The van der Waals surface area contributed by atoms with E-state index < -0.39 is 11.5 Å². The quantitative estimate of drug-likeness (QED) is 0.751. The summed E-state index contributed by atoms with van der Waals surface area (Å²) in [6.45, 7) is 3.81. The third-order valence-electron chi connectivity index (χ3n) is 4.30. The van der Waals surface area contributed by atoms with Gasteiger partial charge in [0.15, 0.2) is 0 Å². The van der Waals surface area contributed by atoms with E-state index in [0.29, 0.717) is 12.5 Å². The maximum atomic E-state index is 11.4. The minimum Gasteiger partial charge on any atom is -0.480 e. The second-order valence-electron chi connectivity index (χ2n) is 5.19. The Bertz CT molecular complexity index is 234. The van der Waals surface area contributed by atoms with Crippen LogP contribution in [0.4, 0.5) is 0 Å². The molecule has 0 aromatic heterocycles. The number of hydrogen-bond acceptors (Lipinski definition) is 2. The van der Waals surface area contributed by atoms with E-state index in [4.69, 9.17) is 0 Å². The number of aliphatic carboxylic acids is 1. The molecule has 0 radical (unpaired) electrons. The monoisotopic (exact) mass is 227 g/mol. The molecule has 0 saturated heterocycles. The molecule has 0 aliphatic heterocycles. The largest absolute Gasteiger partial charge is 0.480 e. The van der Waals surface area contributed by atoms with Crippen LogP contribution in [0.5, 0.6) is 0 Å². The molecule has 1 aliphatic carbocycles. The van der Waals surface area contributed by atoms with Gasteiger partial charge < -0.3 is 5.11 Å². The van der Waals surface area contributed by atoms with Gasteiger partial charge in [0.2, 0.25) is 0 Å². The van der Waals surface area contributed by atoms with Crippen molar-refractivity contribution in [3.05, 3.63) is 0 Å². The summed E-state index contributed by atoms with van der Waals surface area (Å²) in [5.74, 6) is -0.693. The van der Waals surface area contributed by atoms with Gasteiger partial charge in [-0.3, -0.25) is 9.69 Å². The van der Waals surface area contributed by atoms with Gasteiger partial charge in [-0.2, -0.15) is 0 Å². The van der Waals surface area contributed by atoms with Crippen LogP contribution in [-0.2, 0) is 4.79 Å². The van der Waals surface area contributed by atoms with Gasteiger partial charge in [-0.05, 0) is 33.2 Å². The highest BCUT2D eigenvalue weighted by atomic mass is 16.4. The van der Waals surface area contributed by atoms with Crippen molar-refractivity contribution in [1.29, 1.82) is 0 Å². The Hall–Kier alpha value is -0.570. The zero-order chi connectivity index (χ0) is 12.2. The first-order valence-corrected chi connectivity index (χ1v) is 6.48. The van der Waals surface area contributed by atoms with Gasteiger partial charge in [0.1, 0.15) is 5.54 Å². The van der Waals surface area contributed by atoms with Crippen molar-refractivity contribution < 1.29 is 9.90 Å². The minimum atomic E-state index is -0.699. The molecule has 0 bridgehead atoms. The zero-order valence-electron chi connectivity index (χ0n) is 10.8. The zero-order valence-corrected chi connectivity index (χ0v) is 10.8. The summed E-state index contributed by atoms with van der Waals surface area (Å²) in [4.78, 5) is 13.5. The molecule has 1 rings (SSSR count). The molecule has 0 amide bonds. The Kier molecular flexibility index (Phi) is 4.78. The summed E-state index contributed by atoms with van der Waals surface area (Å²) in [7, 11) is 1.98. The number of likely N-dealkylation sites (N-methyl/N-ethyl adjacent to an activating group) is 1. The standard InChI is InChI=1S/C13H25NO2/c1-4-13(2,12(15)16)14(3)11-9-7-5-6-8-10-11/h11H,4-10H2,1-3H3,(H,15,16). The number of nitrogens with zero attached hydrogens (tertiary/aromatic N) is 1. The first-order valence-electron chi connectivity index (χ1n) is 6.48. The van der Waals surface area contributed by atoms with Crippen LogP contribution in [0.1, 0.15) is 58.8 Å². The van der Waals surface area contributed by atoms with E-state index in [2.05, 4.69) is 4.90 Å². The van der Waals surface area contributed by atoms with Crippen LogP contribution in [0.3, 0.4) is 0 Å². The molecule has 0 aromatic rings. The van der Waals surface area contributed by atoms with E-state index in [1.807, 2.05) is 20.9 Å². The number of carboxylic acid groups (broad SMARTS) is 1. The molecule has 1 saturated carbocycles. The second-order valence-corrected chi connectivity index (χ2v) is 5.19. The first kappa shape index (κ1) is 13.5. The summed E-state index contributed by atoms with van der Waals surface area (Å²) in [6.07, 6.45) is 8.07. The van der Waals surface area contributed by atoms with Crippen LogP contribution in [0.15, 0.2) is 0 Å². The minimum absolute atomic E-state index is 0.448. The van der Waals surface area contributed by atoms with E-state index in [0.717, 1.165) is 12.8 Å². The van der Waals surface area contributed by atoms with Gasteiger partial charge >= 0.3 is 5.97 Å². The SMILES string of the molecule is CCC(C)(C(=O)O)N(C)C1CCCCCC1. The van der Waals surface area contributed by atoms with Gasteiger partial charge in [0.25, 0.3) is 0 Å². The Morgan fingerprint density at radius 2 is 1.81 bits per heavy atom. The maximum Gasteiger partial charge on any atom is 0.323 e. The van der Waals surface area contributed by atoms with Crippen molar-refractivity contribution in [2.75, 3.05) is 7.05 Å². The van der Waals surface area contributed by atoms with Gasteiger partial charge in [0.05, 0.1) is 0 Å². The van der Waals surface area contributed by atoms with Crippen LogP contribution >= 0.6 is 0 Å². The average Bonchev–Trinajstić information content (AvgIpc) is 2.55. The van der Waals surface area contributed by atoms with E-state index >= 15 is 0 Å². The first-order chi connectivity index (χ1) is 7.52. The van der Waals surface area contributed by atoms with Crippen LogP contribution < -0.4 is 0 Å². The third-order valence-corrected chi connectivity index (χ3v) is 4.30. The molecule has 1 N–H and O–H groups in total. The fourth-order valence-electron chi connectivity index (χ4n) is 2.60. The Labute approximate surface area is 98.8 Å². The van der Waals surface area contributed by atoms with Crippen molar-refractivity contribution in [2.45, 2.75) is 70.4 Å². The van der Waals surface area contributed by atoms with Crippen molar-refractivity contribution in [2.24, 2.45) is 0 Å². The lowest BCUT2D eigenvalue weighted by molar-refractivity contribution is -0.151. The number of carboxylic acids is 1. The summed E-state index contributed by atoms with van der Waals surface area (Å²) in [5.41, 5.74) is -0.699.